The second-order valence-corrected chi connectivity index (χ2v) is 5.70. The van der Waals surface area contributed by atoms with E-state index in [1.54, 1.807) is 0 Å². The highest BCUT2D eigenvalue weighted by molar-refractivity contribution is 9.10. The lowest BCUT2D eigenvalue weighted by Gasteiger charge is -2.05. The second kappa shape index (κ2) is 4.54. The van der Waals surface area contributed by atoms with Crippen LogP contribution >= 0.6 is 27.5 Å². The molecule has 0 atom stereocenters. The molecule has 0 aliphatic carbocycles. The largest absolute Gasteiger partial charge is 0.399 e. The molecule has 2 N–H and O–H groups in total. The van der Waals surface area contributed by atoms with Crippen molar-refractivity contribution >= 4 is 44.3 Å². The van der Waals surface area contributed by atoms with Gasteiger partial charge >= 0.3 is 0 Å². The van der Waals surface area contributed by atoms with Crippen molar-refractivity contribution in [3.05, 3.63) is 45.9 Å². The number of halogens is 2. The van der Waals surface area contributed by atoms with Crippen molar-refractivity contribution in [1.29, 1.82) is 0 Å². The van der Waals surface area contributed by atoms with E-state index in [0.29, 0.717) is 10.7 Å². The van der Waals surface area contributed by atoms with Crippen LogP contribution in [0.1, 0.15) is 0 Å². The predicted octanol–water partition coefficient (Wildman–Crippen LogP) is 4.24. The molecule has 0 aliphatic rings. The first kappa shape index (κ1) is 12.5. The number of hydrogen-bond acceptors (Lipinski definition) is 2. The molecule has 3 rings (SSSR count). The van der Waals surface area contributed by atoms with Crippen LogP contribution in [-0.4, -0.2) is 9.55 Å². The third-order valence-electron chi connectivity index (χ3n) is 3.02. The fraction of sp³-hybridized carbons (Fsp3) is 0.0714. The van der Waals surface area contributed by atoms with E-state index in [0.717, 1.165) is 26.9 Å². The van der Waals surface area contributed by atoms with Crippen LogP contribution in [0, 0.1) is 0 Å². The Labute approximate surface area is 124 Å². The molecule has 1 aromatic heterocycles. The average Bonchev–Trinajstić information content (AvgIpc) is 2.67. The summed E-state index contributed by atoms with van der Waals surface area (Å²) >= 11 is 9.68. The molecule has 0 aliphatic heterocycles. The Balaban J connectivity index is 2.31. The van der Waals surface area contributed by atoms with Gasteiger partial charge in [0, 0.05) is 22.8 Å². The van der Waals surface area contributed by atoms with E-state index < -0.39 is 0 Å². The maximum atomic E-state index is 6.23. The van der Waals surface area contributed by atoms with E-state index in [9.17, 15) is 0 Å². The Morgan fingerprint density at radius 3 is 2.74 bits per heavy atom. The Kier molecular flexibility index (Phi) is 2.99. The van der Waals surface area contributed by atoms with Crippen LogP contribution in [0.2, 0.25) is 5.02 Å². The molecule has 96 valence electrons. The topological polar surface area (TPSA) is 43.8 Å². The Morgan fingerprint density at radius 2 is 2.05 bits per heavy atom. The molecule has 0 saturated heterocycles. The fourth-order valence-electron chi connectivity index (χ4n) is 2.22. The van der Waals surface area contributed by atoms with Crippen molar-refractivity contribution < 1.29 is 0 Å². The molecule has 1 heterocycles. The van der Waals surface area contributed by atoms with Gasteiger partial charge in [-0.05, 0) is 30.3 Å². The summed E-state index contributed by atoms with van der Waals surface area (Å²) in [5.41, 5.74) is 9.34. The van der Waals surface area contributed by atoms with Crippen molar-refractivity contribution in [3.8, 4) is 11.4 Å². The van der Waals surface area contributed by atoms with Crippen LogP contribution in [0.15, 0.2) is 40.9 Å². The number of hydrogen-bond donors (Lipinski definition) is 1. The maximum absolute atomic E-state index is 6.23. The van der Waals surface area contributed by atoms with Crippen LogP contribution in [0.3, 0.4) is 0 Å². The van der Waals surface area contributed by atoms with Gasteiger partial charge in [0.25, 0.3) is 0 Å². The smallest absolute Gasteiger partial charge is 0.141 e. The van der Waals surface area contributed by atoms with Gasteiger partial charge in [0.2, 0.25) is 0 Å². The standard InChI is InChI=1S/C14H11BrClN3/c1-19-13-11(16)3-2-4-12(13)18-14(19)8-5-9(15)7-10(17)6-8/h2-7H,17H2,1H3. The second-order valence-electron chi connectivity index (χ2n) is 4.38. The first-order chi connectivity index (χ1) is 9.06. The molecule has 3 aromatic rings. The third-order valence-corrected chi connectivity index (χ3v) is 3.79. The molecule has 5 heteroatoms. The van der Waals surface area contributed by atoms with Gasteiger partial charge in [0.1, 0.15) is 5.82 Å². The summed E-state index contributed by atoms with van der Waals surface area (Å²) in [5.74, 6) is 0.844. The fourth-order valence-corrected chi connectivity index (χ4v) is 3.03. The van der Waals surface area contributed by atoms with Gasteiger partial charge in [-0.1, -0.05) is 33.6 Å². The zero-order chi connectivity index (χ0) is 13.6. The van der Waals surface area contributed by atoms with Gasteiger partial charge in [0.15, 0.2) is 0 Å². The van der Waals surface area contributed by atoms with Crippen molar-refractivity contribution in [2.45, 2.75) is 0 Å². The SMILES string of the molecule is Cn1c(-c2cc(N)cc(Br)c2)nc2cccc(Cl)c21. The van der Waals surface area contributed by atoms with Gasteiger partial charge in [0.05, 0.1) is 16.1 Å². The number of aryl methyl sites for hydroxylation is 1. The number of benzene rings is 2. The quantitative estimate of drug-likeness (QED) is 0.676. The Hall–Kier alpha value is -1.52. The minimum atomic E-state index is 0.696. The van der Waals surface area contributed by atoms with E-state index in [1.807, 2.05) is 48.0 Å². The van der Waals surface area contributed by atoms with Crippen LogP contribution < -0.4 is 5.73 Å². The van der Waals surface area contributed by atoms with Gasteiger partial charge in [-0.15, -0.1) is 0 Å². The Bertz CT molecular complexity index is 759. The van der Waals surface area contributed by atoms with Crippen LogP contribution in [0.25, 0.3) is 22.4 Å². The van der Waals surface area contributed by atoms with Crippen molar-refractivity contribution in [2.75, 3.05) is 5.73 Å². The molecule has 0 bridgehead atoms. The van der Waals surface area contributed by atoms with Gasteiger partial charge < -0.3 is 10.3 Å². The molecule has 0 fully saturated rings. The number of aromatic nitrogens is 2. The lowest BCUT2D eigenvalue weighted by molar-refractivity contribution is 0.959. The highest BCUT2D eigenvalue weighted by atomic mass is 79.9. The van der Waals surface area contributed by atoms with Gasteiger partial charge in [-0.3, -0.25) is 0 Å². The molecular weight excluding hydrogens is 326 g/mol. The number of imidazole rings is 1. The Morgan fingerprint density at radius 1 is 1.26 bits per heavy atom. The first-order valence-corrected chi connectivity index (χ1v) is 6.91. The monoisotopic (exact) mass is 335 g/mol. The lowest BCUT2D eigenvalue weighted by atomic mass is 10.2. The zero-order valence-electron chi connectivity index (χ0n) is 10.2. The molecule has 0 spiro atoms. The highest BCUT2D eigenvalue weighted by Gasteiger charge is 2.12. The molecule has 0 unspecified atom stereocenters. The van der Waals surface area contributed by atoms with E-state index in [-0.39, 0.29) is 0 Å². The summed E-state index contributed by atoms with van der Waals surface area (Å²) in [6.45, 7) is 0. The number of fused-ring (bicyclic) bond motifs is 1. The number of nitrogen functional groups attached to an aromatic ring is 1. The molecular formula is C14H11BrClN3. The summed E-state index contributed by atoms with van der Waals surface area (Å²) in [4.78, 5) is 4.63. The summed E-state index contributed by atoms with van der Waals surface area (Å²) in [6, 6.07) is 11.5. The van der Waals surface area contributed by atoms with E-state index in [2.05, 4.69) is 20.9 Å². The van der Waals surface area contributed by atoms with E-state index >= 15 is 0 Å². The van der Waals surface area contributed by atoms with Crippen molar-refractivity contribution in [1.82, 2.24) is 9.55 Å². The highest BCUT2D eigenvalue weighted by Crippen LogP contribution is 2.30. The average molecular weight is 337 g/mol. The summed E-state index contributed by atoms with van der Waals surface area (Å²) < 4.78 is 2.92. The maximum Gasteiger partial charge on any atom is 0.141 e. The molecule has 19 heavy (non-hydrogen) atoms. The number of nitrogens with zero attached hydrogens (tertiary/aromatic N) is 2. The summed E-state index contributed by atoms with van der Waals surface area (Å²) in [5, 5.41) is 0.696. The van der Waals surface area contributed by atoms with Gasteiger partial charge in [-0.25, -0.2) is 4.98 Å². The van der Waals surface area contributed by atoms with Crippen molar-refractivity contribution in [3.63, 3.8) is 0 Å². The van der Waals surface area contributed by atoms with E-state index in [4.69, 9.17) is 17.3 Å². The first-order valence-electron chi connectivity index (χ1n) is 5.73. The molecule has 3 nitrogen and oxygen atoms in total. The minimum Gasteiger partial charge on any atom is -0.399 e. The normalized spacial score (nSPS) is 11.1. The number of rotatable bonds is 1. The number of anilines is 1. The summed E-state index contributed by atoms with van der Waals surface area (Å²) in [6.07, 6.45) is 0. The summed E-state index contributed by atoms with van der Waals surface area (Å²) in [7, 11) is 1.95. The molecule has 0 radical (unpaired) electrons. The van der Waals surface area contributed by atoms with Crippen LogP contribution in [0.5, 0.6) is 0 Å². The zero-order valence-corrected chi connectivity index (χ0v) is 12.5. The van der Waals surface area contributed by atoms with Crippen molar-refractivity contribution in [2.24, 2.45) is 7.05 Å². The number of para-hydroxylation sites is 1. The molecule has 0 amide bonds. The van der Waals surface area contributed by atoms with E-state index in [1.165, 1.54) is 0 Å². The van der Waals surface area contributed by atoms with Crippen LogP contribution in [-0.2, 0) is 7.05 Å². The molecule has 2 aromatic carbocycles. The third kappa shape index (κ3) is 2.11. The molecule has 0 saturated carbocycles. The number of nitrogens with two attached hydrogens (primary N) is 1. The van der Waals surface area contributed by atoms with Gasteiger partial charge in [-0.2, -0.15) is 0 Å². The van der Waals surface area contributed by atoms with Crippen LogP contribution in [0.4, 0.5) is 5.69 Å². The lowest BCUT2D eigenvalue weighted by Crippen LogP contribution is -1.94. The minimum absolute atomic E-state index is 0.696. The predicted molar refractivity (Wildman–Crippen MR) is 83.3 cm³/mol.